The van der Waals surface area contributed by atoms with Crippen LogP contribution in [0.2, 0.25) is 0 Å². The summed E-state index contributed by atoms with van der Waals surface area (Å²) < 4.78 is 6.57. The van der Waals surface area contributed by atoms with Crippen LogP contribution in [-0.4, -0.2) is 103 Å². The second-order valence-corrected chi connectivity index (χ2v) is 14.4. The molecule has 8 unspecified atom stereocenters. The van der Waals surface area contributed by atoms with Gasteiger partial charge in [0.25, 0.3) is 0 Å². The fraction of sp³-hybridized carbons (Fsp3) is 0.686. The van der Waals surface area contributed by atoms with Crippen LogP contribution in [-0.2, 0) is 19.1 Å². The minimum absolute atomic E-state index is 0.0690. The lowest BCUT2D eigenvalue weighted by atomic mass is 9.73. The minimum atomic E-state index is -1.13. The van der Waals surface area contributed by atoms with Gasteiger partial charge in [-0.1, -0.05) is 64.8 Å². The molecular formula is C35H51N5O4. The summed E-state index contributed by atoms with van der Waals surface area (Å²) in [6.07, 6.45) is 7.25. The largest absolute Gasteiger partial charge is 0.359 e. The monoisotopic (exact) mass is 605 g/mol. The molecule has 0 radical (unpaired) electrons. The number of amides is 3. The minimum Gasteiger partial charge on any atom is -0.359 e. The maximum atomic E-state index is 14.3. The van der Waals surface area contributed by atoms with Gasteiger partial charge in [0.1, 0.15) is 11.6 Å². The van der Waals surface area contributed by atoms with Crippen molar-refractivity contribution in [3.63, 3.8) is 0 Å². The quantitative estimate of drug-likeness (QED) is 0.419. The van der Waals surface area contributed by atoms with Gasteiger partial charge in [-0.3, -0.25) is 14.4 Å². The molecule has 1 saturated carbocycles. The first-order chi connectivity index (χ1) is 21.1. The molecule has 1 spiro atoms. The summed E-state index contributed by atoms with van der Waals surface area (Å²) in [4.78, 5) is 48.9. The molecule has 3 amide bonds. The van der Waals surface area contributed by atoms with Gasteiger partial charge in [-0.05, 0) is 61.9 Å². The van der Waals surface area contributed by atoms with Crippen LogP contribution in [0.5, 0.6) is 0 Å². The summed E-state index contributed by atoms with van der Waals surface area (Å²) in [6.45, 7) is 14.2. The normalized spacial score (nSPS) is 35.4. The smallest absolute Gasteiger partial charge is 0.246 e. The van der Waals surface area contributed by atoms with Crippen LogP contribution < -0.4 is 10.6 Å². The molecule has 3 saturated heterocycles. The van der Waals surface area contributed by atoms with Crippen molar-refractivity contribution in [1.29, 1.82) is 0 Å². The van der Waals surface area contributed by atoms with E-state index >= 15 is 0 Å². The van der Waals surface area contributed by atoms with Crippen molar-refractivity contribution in [1.82, 2.24) is 20.0 Å². The Kier molecular flexibility index (Phi) is 8.92. The third kappa shape index (κ3) is 5.71. The van der Waals surface area contributed by atoms with Gasteiger partial charge in [-0.15, -0.1) is 0 Å². The van der Waals surface area contributed by atoms with Gasteiger partial charge in [0.15, 0.2) is 0 Å². The highest BCUT2D eigenvalue weighted by Crippen LogP contribution is 2.55. The number of nitrogens with zero attached hydrogens (tertiary/aromatic N) is 3. The van der Waals surface area contributed by atoms with Gasteiger partial charge in [-0.25, -0.2) is 0 Å². The number of benzene rings is 1. The molecule has 240 valence electrons. The Labute approximate surface area is 262 Å². The number of ether oxygens (including phenoxy) is 1. The van der Waals surface area contributed by atoms with Crippen LogP contribution >= 0.6 is 0 Å². The zero-order valence-electron chi connectivity index (χ0n) is 27.1. The van der Waals surface area contributed by atoms with E-state index in [2.05, 4.69) is 55.2 Å². The van der Waals surface area contributed by atoms with Gasteiger partial charge in [0.2, 0.25) is 17.7 Å². The van der Waals surface area contributed by atoms with E-state index in [4.69, 9.17) is 4.74 Å². The van der Waals surface area contributed by atoms with Crippen molar-refractivity contribution >= 4 is 23.4 Å². The van der Waals surface area contributed by atoms with Crippen molar-refractivity contribution in [2.45, 2.75) is 83.1 Å². The third-order valence-corrected chi connectivity index (χ3v) is 11.3. The molecule has 4 fully saturated rings. The van der Waals surface area contributed by atoms with E-state index in [-0.39, 0.29) is 23.8 Å². The van der Waals surface area contributed by atoms with E-state index in [0.717, 1.165) is 52.0 Å². The van der Waals surface area contributed by atoms with Crippen LogP contribution in [0.4, 0.5) is 5.69 Å². The Morgan fingerprint density at radius 1 is 1.02 bits per heavy atom. The number of hydrogen-bond acceptors (Lipinski definition) is 6. The molecule has 4 heterocycles. The highest BCUT2D eigenvalue weighted by molar-refractivity contribution is 6.02. The van der Waals surface area contributed by atoms with E-state index in [0.29, 0.717) is 30.0 Å². The lowest BCUT2D eigenvalue weighted by molar-refractivity contribution is -0.141. The zero-order chi connectivity index (χ0) is 31.2. The number of hydrogen-bond donors (Lipinski definition) is 2. The molecule has 0 aromatic heterocycles. The third-order valence-electron chi connectivity index (χ3n) is 11.3. The molecule has 4 aliphatic heterocycles. The second kappa shape index (κ2) is 12.6. The number of piperazine rings is 1. The maximum absolute atomic E-state index is 14.3. The van der Waals surface area contributed by atoms with E-state index in [1.807, 2.05) is 36.4 Å². The molecule has 5 aliphatic rings. The number of likely N-dealkylation sites (N-methyl/N-ethyl adjacent to an activating group) is 1. The van der Waals surface area contributed by atoms with E-state index in [1.54, 1.807) is 4.90 Å². The average Bonchev–Trinajstić information content (AvgIpc) is 3.64. The van der Waals surface area contributed by atoms with Crippen LogP contribution in [0.3, 0.4) is 0 Å². The SMILES string of the molecule is CC(C)c1ccc(NC(=O)C2C3C=CC4(O3)C2C(=O)N(CCCN2CCN(C)CC2)C4C(=O)NC2CCCC(C)C2C)cc1. The number of likely N-dealkylation sites (tertiary alicyclic amines) is 1. The molecule has 2 bridgehead atoms. The van der Waals surface area contributed by atoms with Gasteiger partial charge >= 0.3 is 0 Å². The molecule has 2 N–H and O–H groups in total. The Bertz CT molecular complexity index is 1260. The van der Waals surface area contributed by atoms with Crippen molar-refractivity contribution in [3.8, 4) is 0 Å². The predicted octanol–water partition coefficient (Wildman–Crippen LogP) is 3.48. The standard InChI is InChI=1S/C35H51N5O4/c1-22(2)25-10-12-26(13-11-25)36-32(41)29-28-14-15-35(44-28)30(29)34(43)40(17-7-16-39-20-18-38(5)19-21-39)31(35)33(42)37-27-9-6-8-23(3)24(27)4/h10-15,22-24,27-31H,6-9,16-21H2,1-5H3,(H,36,41)(H,37,42). The number of anilines is 1. The zero-order valence-corrected chi connectivity index (χ0v) is 27.1. The van der Waals surface area contributed by atoms with Crippen LogP contribution in [0.15, 0.2) is 36.4 Å². The fourth-order valence-corrected chi connectivity index (χ4v) is 8.27. The number of fused-ring (bicyclic) bond motifs is 1. The second-order valence-electron chi connectivity index (χ2n) is 14.4. The number of rotatable bonds is 9. The highest BCUT2D eigenvalue weighted by atomic mass is 16.5. The lowest BCUT2D eigenvalue weighted by Crippen LogP contribution is -2.58. The topological polar surface area (TPSA) is 94.2 Å². The molecular weight excluding hydrogens is 554 g/mol. The molecule has 1 aromatic rings. The number of carbonyl (C=O) groups is 3. The summed E-state index contributed by atoms with van der Waals surface area (Å²) in [5.74, 6) is -0.655. The van der Waals surface area contributed by atoms with E-state index < -0.39 is 29.6 Å². The van der Waals surface area contributed by atoms with Gasteiger partial charge in [0, 0.05) is 44.5 Å². The molecule has 1 aromatic carbocycles. The first kappa shape index (κ1) is 31.2. The predicted molar refractivity (Wildman–Crippen MR) is 171 cm³/mol. The average molecular weight is 606 g/mol. The number of nitrogens with one attached hydrogen (secondary N) is 2. The maximum Gasteiger partial charge on any atom is 0.246 e. The summed E-state index contributed by atoms with van der Waals surface area (Å²) in [7, 11) is 2.14. The Hall–Kier alpha value is -2.75. The molecule has 8 atom stereocenters. The van der Waals surface area contributed by atoms with Crippen LogP contribution in [0, 0.1) is 23.7 Å². The summed E-state index contributed by atoms with van der Waals surface area (Å²) >= 11 is 0. The summed E-state index contributed by atoms with van der Waals surface area (Å²) in [6, 6.07) is 7.15. The Morgan fingerprint density at radius 2 is 1.75 bits per heavy atom. The van der Waals surface area contributed by atoms with Gasteiger partial charge in [0.05, 0.1) is 17.9 Å². The molecule has 6 rings (SSSR count). The summed E-state index contributed by atoms with van der Waals surface area (Å²) in [5, 5.41) is 6.42. The lowest BCUT2D eigenvalue weighted by Gasteiger charge is -2.38. The van der Waals surface area contributed by atoms with Crippen molar-refractivity contribution in [2.24, 2.45) is 23.7 Å². The van der Waals surface area contributed by atoms with Crippen LogP contribution in [0.1, 0.15) is 64.9 Å². The Balaban J connectivity index is 1.23. The fourth-order valence-electron chi connectivity index (χ4n) is 8.27. The van der Waals surface area contributed by atoms with Gasteiger partial charge in [-0.2, -0.15) is 0 Å². The molecule has 9 nitrogen and oxygen atoms in total. The number of carbonyl (C=O) groups excluding carboxylic acids is 3. The first-order valence-electron chi connectivity index (χ1n) is 16.9. The van der Waals surface area contributed by atoms with Crippen LogP contribution in [0.25, 0.3) is 0 Å². The Morgan fingerprint density at radius 3 is 2.45 bits per heavy atom. The highest BCUT2D eigenvalue weighted by Gasteiger charge is 2.72. The van der Waals surface area contributed by atoms with E-state index in [9.17, 15) is 14.4 Å². The molecule has 9 heteroatoms. The van der Waals surface area contributed by atoms with E-state index in [1.165, 1.54) is 12.0 Å². The van der Waals surface area contributed by atoms with Gasteiger partial charge < -0.3 is 30.1 Å². The molecule has 1 aliphatic carbocycles. The first-order valence-corrected chi connectivity index (χ1v) is 16.9. The van der Waals surface area contributed by atoms with Crippen molar-refractivity contribution in [3.05, 3.63) is 42.0 Å². The summed E-state index contributed by atoms with van der Waals surface area (Å²) in [5.41, 5.74) is 0.762. The van der Waals surface area contributed by atoms with Crippen molar-refractivity contribution < 1.29 is 19.1 Å². The molecule has 44 heavy (non-hydrogen) atoms. The van der Waals surface area contributed by atoms with Crippen molar-refractivity contribution in [2.75, 3.05) is 51.6 Å².